The Morgan fingerprint density at radius 2 is 1.73 bits per heavy atom. The first-order valence-electron chi connectivity index (χ1n) is 4.13. The van der Waals surface area contributed by atoms with E-state index >= 15 is 0 Å². The molecule has 1 atom stereocenters. The zero-order valence-corrected chi connectivity index (χ0v) is 15.7. The topological polar surface area (TPSA) is 46.2 Å². The van der Waals surface area contributed by atoms with E-state index in [9.17, 15) is 9.59 Å². The average Bonchev–Trinajstić information content (AvgIpc) is 2.29. The summed E-state index contributed by atoms with van der Waals surface area (Å²) in [5.74, 6) is -0.225. The van der Waals surface area contributed by atoms with Gasteiger partial charge in [0.2, 0.25) is 5.91 Å². The zero-order valence-electron chi connectivity index (χ0n) is 9.21. The average molecular weight is 379 g/mol. The van der Waals surface area contributed by atoms with Gasteiger partial charge < -0.3 is 13.8 Å². The van der Waals surface area contributed by atoms with Crippen LogP contribution in [0.1, 0.15) is 26.7 Å². The van der Waals surface area contributed by atoms with E-state index in [2.05, 4.69) is 19.2 Å². The second kappa shape index (κ2) is 10.8. The molecule has 0 spiro atoms. The Morgan fingerprint density at radius 3 is 1.87 bits per heavy atom. The maximum atomic E-state index is 10.9. The van der Waals surface area contributed by atoms with Crippen LogP contribution in [0.5, 0.6) is 0 Å². The number of nitrogens with one attached hydrogen (secondary N) is 1. The summed E-state index contributed by atoms with van der Waals surface area (Å²) in [6, 6.07) is 0. The normalized spacial score (nSPS) is 22.9. The Balaban J connectivity index is -0.000000260. The van der Waals surface area contributed by atoms with E-state index in [0.29, 0.717) is 6.42 Å². The molecule has 1 N–H and O–H groups in total. The summed E-state index contributed by atoms with van der Waals surface area (Å²) in [5, 5.41) is 1.94. The third kappa shape index (κ3) is 7.59. The van der Waals surface area contributed by atoms with Gasteiger partial charge in [0.25, 0.3) is 5.24 Å². The maximum absolute atomic E-state index is 10.9. The van der Waals surface area contributed by atoms with Crippen LogP contribution in [-0.4, -0.2) is 15.9 Å². The Morgan fingerprint density at radius 1 is 1.33 bits per heavy atom. The molecule has 0 saturated carbocycles. The number of hydrogen-bond acceptors (Lipinski definition) is 3. The molecule has 1 fully saturated rings. The molecule has 1 saturated heterocycles. The molecule has 15 heavy (non-hydrogen) atoms. The summed E-state index contributed by atoms with van der Waals surface area (Å²) in [6.07, 6.45) is 1.44. The molecule has 1 heterocycles. The minimum Gasteiger partial charge on any atom is -0.344 e. The molecule has 0 aromatic rings. The largest absolute Gasteiger partial charge is 0.344 e. The van der Waals surface area contributed by atoms with Crippen LogP contribution in [0, 0.1) is 13.8 Å². The first-order valence-corrected chi connectivity index (χ1v) is 4.94. The van der Waals surface area contributed by atoms with Gasteiger partial charge in [-0.15, -0.1) is 0 Å². The Kier molecular flexibility index (Phi) is 15.8. The van der Waals surface area contributed by atoms with Crippen molar-refractivity contribution >= 4 is 22.9 Å². The third-order valence-corrected chi connectivity index (χ3v) is 2.62. The summed E-state index contributed by atoms with van der Waals surface area (Å²) in [4.78, 5) is 21.6. The second-order valence-corrected chi connectivity index (χ2v) is 4.30. The van der Waals surface area contributed by atoms with Gasteiger partial charge in [-0.3, -0.25) is 14.9 Å². The SMILES string of the molecule is [CH2-]CC.[CH2-]CC1(C)SC(=O)NC1=O.[Y].[Y]. The Labute approximate surface area is 146 Å². The van der Waals surface area contributed by atoms with Crippen molar-refractivity contribution in [3.8, 4) is 0 Å². The fourth-order valence-electron chi connectivity index (χ4n) is 0.666. The van der Waals surface area contributed by atoms with Gasteiger partial charge in [-0.2, -0.15) is 12.8 Å². The molecule has 82 valence electrons. The number of carbonyl (C=O) groups excluding carboxylic acids is 2. The van der Waals surface area contributed by atoms with Gasteiger partial charge in [-0.05, 0) is 6.92 Å². The van der Waals surface area contributed by atoms with Crippen molar-refractivity contribution < 1.29 is 75.0 Å². The maximum Gasteiger partial charge on any atom is 0.286 e. The molecule has 0 aliphatic carbocycles. The van der Waals surface area contributed by atoms with Crippen LogP contribution in [0.25, 0.3) is 0 Å². The standard InChI is InChI=1S/C6H8NO2S.C3H7.2Y/c1-3-6(2)4(8)7-5(9)10-6;1-3-2;;/h1,3H2,2H3,(H,7,8,9);1,3H2,2H3;;/q2*-1;;. The fraction of sp³-hybridized carbons (Fsp3) is 0.556. The van der Waals surface area contributed by atoms with E-state index in [1.165, 1.54) is 0 Å². The van der Waals surface area contributed by atoms with E-state index < -0.39 is 4.75 Å². The van der Waals surface area contributed by atoms with Crippen molar-refractivity contribution in [2.45, 2.75) is 31.4 Å². The molecule has 1 aliphatic rings. The molecule has 1 rings (SSSR count). The molecule has 0 aromatic carbocycles. The van der Waals surface area contributed by atoms with Crippen molar-refractivity contribution in [1.82, 2.24) is 5.32 Å². The molecule has 6 heteroatoms. The number of amides is 2. The van der Waals surface area contributed by atoms with Crippen molar-refractivity contribution in [3.05, 3.63) is 13.8 Å². The van der Waals surface area contributed by atoms with E-state index in [4.69, 9.17) is 0 Å². The molecular weight excluding hydrogens is 364 g/mol. The van der Waals surface area contributed by atoms with Gasteiger partial charge in [-0.25, -0.2) is 0 Å². The first kappa shape index (κ1) is 21.9. The van der Waals surface area contributed by atoms with Crippen molar-refractivity contribution in [3.63, 3.8) is 0 Å². The van der Waals surface area contributed by atoms with Gasteiger partial charge in [0.15, 0.2) is 0 Å². The Hall–Kier alpha value is 1.70. The Bertz CT molecular complexity index is 214. The van der Waals surface area contributed by atoms with E-state index in [-0.39, 0.29) is 76.6 Å². The minimum absolute atomic E-state index is 0. The minimum atomic E-state index is -0.628. The van der Waals surface area contributed by atoms with Crippen LogP contribution in [0.3, 0.4) is 0 Å². The quantitative estimate of drug-likeness (QED) is 0.711. The van der Waals surface area contributed by atoms with Crippen LogP contribution < -0.4 is 5.32 Å². The van der Waals surface area contributed by atoms with E-state index in [1.807, 2.05) is 6.92 Å². The molecule has 2 amide bonds. The number of thioether (sulfide) groups is 1. The predicted octanol–water partition coefficient (Wildman–Crippen LogP) is 2.18. The summed E-state index contributed by atoms with van der Waals surface area (Å²) in [6.45, 7) is 10.8. The van der Waals surface area contributed by atoms with Gasteiger partial charge in [-0.1, -0.05) is 18.7 Å². The molecule has 0 bridgehead atoms. The van der Waals surface area contributed by atoms with Gasteiger partial charge in [0.1, 0.15) is 0 Å². The summed E-state index contributed by atoms with van der Waals surface area (Å²) in [7, 11) is 0. The zero-order chi connectivity index (χ0) is 10.5. The van der Waals surface area contributed by atoms with Crippen molar-refractivity contribution in [1.29, 1.82) is 0 Å². The van der Waals surface area contributed by atoms with Crippen LogP contribution in [0.2, 0.25) is 0 Å². The van der Waals surface area contributed by atoms with Crippen molar-refractivity contribution in [2.24, 2.45) is 0 Å². The first-order chi connectivity index (χ1) is 6.00. The van der Waals surface area contributed by atoms with Crippen LogP contribution >= 0.6 is 11.8 Å². The van der Waals surface area contributed by atoms with Crippen LogP contribution in [0.15, 0.2) is 0 Å². The molecule has 0 aromatic heterocycles. The molecule has 3 nitrogen and oxygen atoms in total. The number of imide groups is 1. The number of hydrogen-bond donors (Lipinski definition) is 1. The van der Waals surface area contributed by atoms with Crippen molar-refractivity contribution in [2.75, 3.05) is 0 Å². The number of rotatable bonds is 1. The fourth-order valence-corrected chi connectivity index (χ4v) is 1.46. The third-order valence-electron chi connectivity index (χ3n) is 1.49. The molecule has 2 radical (unpaired) electrons. The molecule has 1 unspecified atom stereocenters. The van der Waals surface area contributed by atoms with Crippen LogP contribution in [-0.2, 0) is 70.2 Å². The summed E-state index contributed by atoms with van der Waals surface area (Å²) in [5.41, 5.74) is 0. The van der Waals surface area contributed by atoms with Crippen LogP contribution in [0.4, 0.5) is 4.79 Å². The monoisotopic (exact) mass is 379 g/mol. The van der Waals surface area contributed by atoms with Gasteiger partial charge in [0.05, 0.1) is 4.75 Å². The van der Waals surface area contributed by atoms with E-state index in [0.717, 1.165) is 18.2 Å². The van der Waals surface area contributed by atoms with Gasteiger partial charge >= 0.3 is 0 Å². The second-order valence-electron chi connectivity index (χ2n) is 2.82. The predicted molar refractivity (Wildman–Crippen MR) is 55.2 cm³/mol. The summed E-state index contributed by atoms with van der Waals surface area (Å²) < 4.78 is -0.628. The molecule has 1 aliphatic heterocycles. The summed E-state index contributed by atoms with van der Waals surface area (Å²) >= 11 is 1.01. The number of carbonyl (C=O) groups is 2. The molecular formula is C9H15NO2SY2-2. The van der Waals surface area contributed by atoms with E-state index in [1.54, 1.807) is 6.92 Å². The smallest absolute Gasteiger partial charge is 0.286 e. The van der Waals surface area contributed by atoms with Gasteiger partial charge in [0, 0.05) is 65.4 Å².